The third-order valence-electron chi connectivity index (χ3n) is 5.54. The van der Waals surface area contributed by atoms with Crippen molar-refractivity contribution in [2.24, 2.45) is 28.3 Å². The molecular formula is C16H19NO. The first-order valence-electron chi connectivity index (χ1n) is 6.99. The van der Waals surface area contributed by atoms with Gasteiger partial charge >= 0.3 is 0 Å². The van der Waals surface area contributed by atoms with E-state index in [1.54, 1.807) is 0 Å². The molecule has 0 N–H and O–H groups in total. The molecular weight excluding hydrogens is 222 g/mol. The van der Waals surface area contributed by atoms with Crippen LogP contribution in [0.5, 0.6) is 0 Å². The number of oxime groups is 1. The van der Waals surface area contributed by atoms with Gasteiger partial charge in [-0.15, -0.1) is 0 Å². The highest BCUT2D eigenvalue weighted by molar-refractivity contribution is 6.03. The van der Waals surface area contributed by atoms with Gasteiger partial charge in [0.05, 0.1) is 5.71 Å². The lowest BCUT2D eigenvalue weighted by Crippen LogP contribution is -2.29. The molecule has 0 aromatic heterocycles. The molecule has 3 aliphatic rings. The summed E-state index contributed by atoms with van der Waals surface area (Å²) in [6.45, 7) is 4.83. The van der Waals surface area contributed by atoms with Crippen LogP contribution in [0.25, 0.3) is 0 Å². The average Bonchev–Trinajstić information content (AvgIpc) is 2.99. The molecule has 1 aliphatic heterocycles. The van der Waals surface area contributed by atoms with Crippen molar-refractivity contribution in [2.45, 2.75) is 32.8 Å². The molecule has 4 rings (SSSR count). The average molecular weight is 241 g/mol. The first-order chi connectivity index (χ1) is 8.69. The van der Waals surface area contributed by atoms with Crippen molar-refractivity contribution in [1.29, 1.82) is 0 Å². The summed E-state index contributed by atoms with van der Waals surface area (Å²) in [7, 11) is 0. The van der Waals surface area contributed by atoms with Crippen molar-refractivity contribution < 1.29 is 4.84 Å². The molecule has 0 saturated heterocycles. The first kappa shape index (κ1) is 10.6. The molecule has 2 saturated carbocycles. The summed E-state index contributed by atoms with van der Waals surface area (Å²) in [6.07, 6.45) is 3.00. The van der Waals surface area contributed by atoms with Gasteiger partial charge in [0.1, 0.15) is 6.10 Å². The molecule has 4 unspecified atom stereocenters. The van der Waals surface area contributed by atoms with Crippen LogP contribution < -0.4 is 0 Å². The number of fused-ring (bicyclic) bond motifs is 5. The van der Waals surface area contributed by atoms with Gasteiger partial charge < -0.3 is 4.84 Å². The van der Waals surface area contributed by atoms with Crippen LogP contribution in [-0.2, 0) is 4.84 Å². The minimum absolute atomic E-state index is 0.342. The van der Waals surface area contributed by atoms with Gasteiger partial charge in [-0.25, -0.2) is 0 Å². The van der Waals surface area contributed by atoms with E-state index in [1.165, 1.54) is 24.1 Å². The normalized spacial score (nSPS) is 39.3. The van der Waals surface area contributed by atoms with Gasteiger partial charge in [0.25, 0.3) is 0 Å². The molecule has 1 aromatic carbocycles. The lowest BCUT2D eigenvalue weighted by molar-refractivity contribution is 0.0177. The molecule has 0 radical (unpaired) electrons. The Balaban J connectivity index is 1.74. The van der Waals surface area contributed by atoms with Crippen LogP contribution in [-0.4, -0.2) is 11.8 Å². The maximum atomic E-state index is 5.80. The van der Waals surface area contributed by atoms with Crippen LogP contribution in [0, 0.1) is 23.2 Å². The van der Waals surface area contributed by atoms with E-state index in [0.29, 0.717) is 23.4 Å². The van der Waals surface area contributed by atoms with Crippen LogP contribution in [0.1, 0.15) is 32.3 Å². The van der Waals surface area contributed by atoms with Gasteiger partial charge in [-0.3, -0.25) is 0 Å². The van der Waals surface area contributed by atoms with E-state index >= 15 is 0 Å². The quantitative estimate of drug-likeness (QED) is 0.737. The van der Waals surface area contributed by atoms with Crippen molar-refractivity contribution in [3.8, 4) is 0 Å². The molecule has 18 heavy (non-hydrogen) atoms. The number of hydrogen-bond donors (Lipinski definition) is 0. The molecule has 2 fully saturated rings. The summed E-state index contributed by atoms with van der Waals surface area (Å²) in [5.41, 5.74) is 2.86. The van der Waals surface area contributed by atoms with E-state index in [-0.39, 0.29) is 0 Å². The van der Waals surface area contributed by atoms with E-state index in [2.05, 4.69) is 49.3 Å². The smallest absolute Gasteiger partial charge is 0.139 e. The highest BCUT2D eigenvalue weighted by Gasteiger charge is 2.63. The summed E-state index contributed by atoms with van der Waals surface area (Å²) >= 11 is 0. The van der Waals surface area contributed by atoms with Crippen molar-refractivity contribution in [3.63, 3.8) is 0 Å². The minimum Gasteiger partial charge on any atom is -0.391 e. The van der Waals surface area contributed by atoms with E-state index in [4.69, 9.17) is 4.84 Å². The highest BCUT2D eigenvalue weighted by Crippen LogP contribution is 2.63. The summed E-state index contributed by atoms with van der Waals surface area (Å²) in [5, 5.41) is 4.41. The highest BCUT2D eigenvalue weighted by atomic mass is 16.6. The molecule has 2 bridgehead atoms. The number of benzene rings is 1. The van der Waals surface area contributed by atoms with Crippen LogP contribution in [0.3, 0.4) is 0 Å². The second kappa shape index (κ2) is 3.37. The Kier molecular flexibility index (Phi) is 1.98. The van der Waals surface area contributed by atoms with Gasteiger partial charge in [-0.2, -0.15) is 0 Å². The Hall–Kier alpha value is -1.31. The first-order valence-corrected chi connectivity index (χ1v) is 6.99. The largest absolute Gasteiger partial charge is 0.391 e. The predicted octanol–water partition coefficient (Wildman–Crippen LogP) is 3.47. The Labute approximate surface area is 108 Å². The Morgan fingerprint density at radius 3 is 2.61 bits per heavy atom. The van der Waals surface area contributed by atoms with Crippen LogP contribution in [0.4, 0.5) is 0 Å². The fourth-order valence-electron chi connectivity index (χ4n) is 4.61. The topological polar surface area (TPSA) is 21.6 Å². The molecule has 2 heteroatoms. The van der Waals surface area contributed by atoms with Gasteiger partial charge in [0.2, 0.25) is 0 Å². The van der Waals surface area contributed by atoms with Crippen LogP contribution in [0.15, 0.2) is 35.5 Å². The number of nitrogens with zero attached hydrogens (tertiary/aromatic N) is 1. The van der Waals surface area contributed by atoms with Crippen molar-refractivity contribution in [2.75, 3.05) is 0 Å². The molecule has 94 valence electrons. The fourth-order valence-corrected chi connectivity index (χ4v) is 4.61. The Bertz CT molecular complexity index is 505. The van der Waals surface area contributed by atoms with Crippen LogP contribution in [0.2, 0.25) is 0 Å². The van der Waals surface area contributed by atoms with Gasteiger partial charge in [-0.05, 0) is 29.7 Å². The second-order valence-corrected chi connectivity index (χ2v) is 6.55. The molecule has 2 aliphatic carbocycles. The molecule has 2 nitrogen and oxygen atoms in total. The van der Waals surface area contributed by atoms with E-state index < -0.39 is 0 Å². The standard InChI is InChI=1S/C16H19NO/c1-16(2)11-8-9-12(16)15-13(11)14(17-18-15)10-6-4-3-5-7-10/h3-7,11-13,15H,8-9H2,1-2H3. The van der Waals surface area contributed by atoms with E-state index in [9.17, 15) is 0 Å². The molecule has 0 spiro atoms. The van der Waals surface area contributed by atoms with Gasteiger partial charge in [-0.1, -0.05) is 49.3 Å². The zero-order chi connectivity index (χ0) is 12.3. The molecule has 0 amide bonds. The van der Waals surface area contributed by atoms with E-state index in [0.717, 1.165) is 5.92 Å². The SMILES string of the molecule is CC1(C)C2CCC1C1C(c3ccccc3)=NOC12. The van der Waals surface area contributed by atoms with Crippen molar-refractivity contribution in [3.05, 3.63) is 35.9 Å². The summed E-state index contributed by atoms with van der Waals surface area (Å²) in [6, 6.07) is 10.5. The maximum Gasteiger partial charge on any atom is 0.139 e. The second-order valence-electron chi connectivity index (χ2n) is 6.55. The fraction of sp³-hybridized carbons (Fsp3) is 0.562. The third-order valence-corrected chi connectivity index (χ3v) is 5.54. The lowest BCUT2D eigenvalue weighted by atomic mass is 9.77. The number of rotatable bonds is 1. The molecule has 4 atom stereocenters. The van der Waals surface area contributed by atoms with Gasteiger partial charge in [0.15, 0.2) is 0 Å². The van der Waals surface area contributed by atoms with Crippen molar-refractivity contribution in [1.82, 2.24) is 0 Å². The summed E-state index contributed by atoms with van der Waals surface area (Å²) in [5.74, 6) is 1.97. The van der Waals surface area contributed by atoms with E-state index in [1.807, 2.05) is 0 Å². The Morgan fingerprint density at radius 1 is 1.11 bits per heavy atom. The summed E-state index contributed by atoms with van der Waals surface area (Å²) in [4.78, 5) is 5.80. The maximum absolute atomic E-state index is 5.80. The van der Waals surface area contributed by atoms with Crippen LogP contribution >= 0.6 is 0 Å². The third kappa shape index (κ3) is 1.16. The Morgan fingerprint density at radius 2 is 1.83 bits per heavy atom. The summed E-state index contributed by atoms with van der Waals surface area (Å²) < 4.78 is 0. The minimum atomic E-state index is 0.342. The van der Waals surface area contributed by atoms with Crippen molar-refractivity contribution >= 4 is 5.71 Å². The molecule has 1 heterocycles. The van der Waals surface area contributed by atoms with Gasteiger partial charge in [0, 0.05) is 11.8 Å². The number of hydrogen-bond acceptors (Lipinski definition) is 2. The monoisotopic (exact) mass is 241 g/mol. The predicted molar refractivity (Wildman–Crippen MR) is 71.3 cm³/mol. The zero-order valence-corrected chi connectivity index (χ0v) is 11.0. The zero-order valence-electron chi connectivity index (χ0n) is 11.0. The lowest BCUT2D eigenvalue weighted by Gasteiger charge is -2.25. The molecule has 1 aromatic rings.